The van der Waals surface area contributed by atoms with E-state index in [-0.39, 0.29) is 0 Å². The number of hydrogen-bond acceptors (Lipinski definition) is 0. The molecular weight excluding hydrogens is 240 g/mol. The average molecular weight is 254 g/mol. The predicted octanol–water partition coefficient (Wildman–Crippen LogP) is 4.85. The van der Waals surface area contributed by atoms with Gasteiger partial charge in [-0.1, -0.05) is 48.6 Å². The van der Waals surface area contributed by atoms with Gasteiger partial charge in [0, 0.05) is 11.8 Å². The standard InChI is InChI=1S/C20H14/c1-2-12-5-6-14-9-10-15-8-7-13-4-3-11(1)16-17(12)19(14)20(15)18(13)16/h1-8,12,17H,9-10H2. The molecule has 0 heterocycles. The molecule has 4 aliphatic carbocycles. The Morgan fingerprint density at radius 2 is 1.80 bits per heavy atom. The first-order chi connectivity index (χ1) is 9.92. The van der Waals surface area contributed by atoms with E-state index < -0.39 is 0 Å². The molecule has 2 aromatic carbocycles. The van der Waals surface area contributed by atoms with E-state index in [0.717, 1.165) is 0 Å². The largest absolute Gasteiger partial charge is 0.0764 e. The second-order valence-electron chi connectivity index (χ2n) is 6.48. The summed E-state index contributed by atoms with van der Waals surface area (Å²) in [6.07, 6.45) is 12.0. The summed E-state index contributed by atoms with van der Waals surface area (Å²) in [7, 11) is 0. The molecule has 0 heteroatoms. The Labute approximate surface area is 118 Å². The van der Waals surface area contributed by atoms with Gasteiger partial charge in [-0.15, -0.1) is 0 Å². The fraction of sp³-hybridized carbons (Fsp3) is 0.200. The predicted molar refractivity (Wildman–Crippen MR) is 83.6 cm³/mol. The minimum atomic E-state index is 0.574. The third-order valence-electron chi connectivity index (χ3n) is 5.65. The molecule has 2 unspecified atom stereocenters. The summed E-state index contributed by atoms with van der Waals surface area (Å²) >= 11 is 0. The molecule has 0 aliphatic heterocycles. The molecule has 4 aliphatic rings. The zero-order chi connectivity index (χ0) is 12.8. The van der Waals surface area contributed by atoms with Crippen LogP contribution in [0.1, 0.15) is 34.6 Å². The Morgan fingerprint density at radius 1 is 0.900 bits per heavy atom. The van der Waals surface area contributed by atoms with E-state index in [0.29, 0.717) is 11.8 Å². The summed E-state index contributed by atoms with van der Waals surface area (Å²) in [4.78, 5) is 0. The van der Waals surface area contributed by atoms with Crippen molar-refractivity contribution in [3.8, 4) is 0 Å². The fourth-order valence-electron chi connectivity index (χ4n) is 4.85. The van der Waals surface area contributed by atoms with Crippen LogP contribution in [0.25, 0.3) is 22.4 Å². The van der Waals surface area contributed by atoms with Gasteiger partial charge in [0.05, 0.1) is 0 Å². The van der Waals surface area contributed by atoms with Crippen molar-refractivity contribution in [2.75, 3.05) is 0 Å². The van der Waals surface area contributed by atoms with Gasteiger partial charge in [0.25, 0.3) is 0 Å². The normalized spacial score (nSPS) is 27.0. The zero-order valence-corrected chi connectivity index (χ0v) is 11.2. The third kappa shape index (κ3) is 0.895. The van der Waals surface area contributed by atoms with Crippen LogP contribution in [0, 0.1) is 5.92 Å². The summed E-state index contributed by atoms with van der Waals surface area (Å²) < 4.78 is 0. The van der Waals surface area contributed by atoms with Crippen LogP contribution < -0.4 is 0 Å². The van der Waals surface area contributed by atoms with Gasteiger partial charge in [-0.2, -0.15) is 0 Å². The van der Waals surface area contributed by atoms with Gasteiger partial charge in [0.1, 0.15) is 0 Å². The van der Waals surface area contributed by atoms with Gasteiger partial charge in [0.15, 0.2) is 0 Å². The Bertz CT molecular complexity index is 905. The second kappa shape index (κ2) is 2.98. The highest BCUT2D eigenvalue weighted by Crippen LogP contribution is 2.59. The van der Waals surface area contributed by atoms with Crippen LogP contribution in [0.15, 0.2) is 48.1 Å². The molecule has 0 radical (unpaired) electrons. The molecule has 0 saturated heterocycles. The van der Waals surface area contributed by atoms with Crippen LogP contribution in [0.4, 0.5) is 0 Å². The van der Waals surface area contributed by atoms with Gasteiger partial charge >= 0.3 is 0 Å². The van der Waals surface area contributed by atoms with Crippen molar-refractivity contribution in [1.82, 2.24) is 0 Å². The molecule has 0 spiro atoms. The lowest BCUT2D eigenvalue weighted by atomic mass is 9.71. The maximum atomic E-state index is 2.43. The Kier molecular flexibility index (Phi) is 1.46. The van der Waals surface area contributed by atoms with Crippen LogP contribution in [0.5, 0.6) is 0 Å². The molecule has 94 valence electrons. The van der Waals surface area contributed by atoms with Crippen molar-refractivity contribution in [2.45, 2.75) is 18.8 Å². The SMILES string of the molecule is C1=CC2C=Cc3ccc4ccc5c6c4c3C2C6=C1CC5. The topological polar surface area (TPSA) is 0 Å². The van der Waals surface area contributed by atoms with E-state index >= 15 is 0 Å². The van der Waals surface area contributed by atoms with Gasteiger partial charge in [-0.3, -0.25) is 0 Å². The monoisotopic (exact) mass is 254 g/mol. The molecule has 2 aromatic rings. The molecule has 0 nitrogen and oxygen atoms in total. The Balaban J connectivity index is 1.93. The van der Waals surface area contributed by atoms with E-state index in [4.69, 9.17) is 0 Å². The first-order valence-corrected chi connectivity index (χ1v) is 7.60. The molecule has 0 aromatic heterocycles. The quantitative estimate of drug-likeness (QED) is 0.630. The van der Waals surface area contributed by atoms with Crippen LogP contribution >= 0.6 is 0 Å². The van der Waals surface area contributed by atoms with E-state index in [2.05, 4.69) is 48.6 Å². The van der Waals surface area contributed by atoms with Gasteiger partial charge in [0.2, 0.25) is 0 Å². The fourth-order valence-corrected chi connectivity index (χ4v) is 4.85. The van der Waals surface area contributed by atoms with Crippen LogP contribution in [0.2, 0.25) is 0 Å². The smallest absolute Gasteiger partial charge is 0.0208 e. The van der Waals surface area contributed by atoms with Gasteiger partial charge in [-0.25, -0.2) is 0 Å². The van der Waals surface area contributed by atoms with Crippen molar-refractivity contribution in [3.63, 3.8) is 0 Å². The molecule has 0 fully saturated rings. The van der Waals surface area contributed by atoms with Gasteiger partial charge < -0.3 is 0 Å². The molecule has 0 saturated carbocycles. The summed E-state index contributed by atoms with van der Waals surface area (Å²) in [6, 6.07) is 9.31. The number of aryl methyl sites for hydroxylation is 1. The number of rotatable bonds is 0. The second-order valence-corrected chi connectivity index (χ2v) is 6.48. The molecule has 6 rings (SSSR count). The van der Waals surface area contributed by atoms with Crippen molar-refractivity contribution in [3.05, 3.63) is 70.3 Å². The highest BCUT2D eigenvalue weighted by Gasteiger charge is 2.41. The van der Waals surface area contributed by atoms with Crippen molar-refractivity contribution < 1.29 is 0 Å². The lowest BCUT2D eigenvalue weighted by molar-refractivity contribution is 0.707. The molecule has 2 atom stereocenters. The highest BCUT2D eigenvalue weighted by atomic mass is 14.4. The highest BCUT2D eigenvalue weighted by molar-refractivity contribution is 6.08. The summed E-state index contributed by atoms with van der Waals surface area (Å²) in [6.45, 7) is 0. The summed E-state index contributed by atoms with van der Waals surface area (Å²) in [5.74, 6) is 1.18. The number of hydrogen-bond donors (Lipinski definition) is 0. The lowest BCUT2D eigenvalue weighted by Gasteiger charge is -2.32. The zero-order valence-electron chi connectivity index (χ0n) is 11.2. The number of allylic oxidation sites excluding steroid dienone is 5. The minimum Gasteiger partial charge on any atom is -0.0764 e. The van der Waals surface area contributed by atoms with Crippen LogP contribution in [0.3, 0.4) is 0 Å². The van der Waals surface area contributed by atoms with Gasteiger partial charge in [-0.05, 0) is 57.0 Å². The molecular formula is C20H14. The van der Waals surface area contributed by atoms with Crippen molar-refractivity contribution in [2.24, 2.45) is 5.92 Å². The maximum absolute atomic E-state index is 2.43. The Hall–Kier alpha value is -2.08. The van der Waals surface area contributed by atoms with E-state index in [1.807, 2.05) is 0 Å². The van der Waals surface area contributed by atoms with Crippen molar-refractivity contribution in [1.29, 1.82) is 0 Å². The lowest BCUT2D eigenvalue weighted by Crippen LogP contribution is -2.17. The third-order valence-corrected chi connectivity index (χ3v) is 5.65. The van der Waals surface area contributed by atoms with Crippen molar-refractivity contribution >= 4 is 22.4 Å². The van der Waals surface area contributed by atoms with E-state index in [1.54, 1.807) is 33.2 Å². The summed E-state index contributed by atoms with van der Waals surface area (Å²) in [5, 5.41) is 3.00. The van der Waals surface area contributed by atoms with E-state index in [1.165, 1.54) is 23.8 Å². The average Bonchev–Trinajstić information content (AvgIpc) is 2.88. The first-order valence-electron chi connectivity index (χ1n) is 7.60. The molecule has 0 bridgehead atoms. The number of benzene rings is 2. The van der Waals surface area contributed by atoms with Crippen LogP contribution in [-0.2, 0) is 6.42 Å². The summed E-state index contributed by atoms with van der Waals surface area (Å²) in [5.41, 5.74) is 9.51. The molecule has 0 amide bonds. The maximum Gasteiger partial charge on any atom is 0.0208 e. The van der Waals surface area contributed by atoms with E-state index in [9.17, 15) is 0 Å². The molecule has 0 N–H and O–H groups in total. The van der Waals surface area contributed by atoms with Crippen LogP contribution in [-0.4, -0.2) is 0 Å². The Morgan fingerprint density at radius 3 is 2.80 bits per heavy atom. The molecule has 20 heavy (non-hydrogen) atoms. The minimum absolute atomic E-state index is 0.574. The first kappa shape index (κ1) is 9.77.